The van der Waals surface area contributed by atoms with Gasteiger partial charge in [-0.1, -0.05) is 6.07 Å². The number of hydrogen-bond acceptors (Lipinski definition) is 4. The second-order valence-electron chi connectivity index (χ2n) is 4.12. The van der Waals surface area contributed by atoms with E-state index in [0.29, 0.717) is 25.1 Å². The summed E-state index contributed by atoms with van der Waals surface area (Å²) in [5.41, 5.74) is 0.235. The van der Waals surface area contributed by atoms with E-state index in [1.54, 1.807) is 12.1 Å². The standard InChI is InChI=1S/C13H13NO4S/c15-11-4-5-12(16)14(11)6-7-19-10-3-1-2-9(8-10)13(17)18/h1-3,8H,4-7H2,(H,17,18). The molecule has 2 amide bonds. The van der Waals surface area contributed by atoms with Crippen LogP contribution in [0, 0.1) is 0 Å². The summed E-state index contributed by atoms with van der Waals surface area (Å²) in [5.74, 6) is -0.636. The smallest absolute Gasteiger partial charge is 0.335 e. The van der Waals surface area contributed by atoms with Crippen LogP contribution in [0.25, 0.3) is 0 Å². The van der Waals surface area contributed by atoms with Crippen molar-refractivity contribution < 1.29 is 19.5 Å². The summed E-state index contributed by atoms with van der Waals surface area (Å²) in [6.07, 6.45) is 0.607. The van der Waals surface area contributed by atoms with Gasteiger partial charge in [-0.2, -0.15) is 0 Å². The lowest BCUT2D eigenvalue weighted by Gasteiger charge is -2.13. The molecule has 0 aliphatic carbocycles. The number of carbonyl (C=O) groups excluding carboxylic acids is 2. The molecule has 0 aromatic heterocycles. The minimum atomic E-state index is -0.965. The van der Waals surface area contributed by atoms with Gasteiger partial charge in [-0.3, -0.25) is 14.5 Å². The average molecular weight is 279 g/mol. The van der Waals surface area contributed by atoms with E-state index < -0.39 is 5.97 Å². The van der Waals surface area contributed by atoms with Gasteiger partial charge in [0.1, 0.15) is 0 Å². The van der Waals surface area contributed by atoms with Crippen molar-refractivity contribution in [1.82, 2.24) is 4.90 Å². The van der Waals surface area contributed by atoms with E-state index in [2.05, 4.69) is 0 Å². The number of nitrogens with zero attached hydrogens (tertiary/aromatic N) is 1. The summed E-state index contributed by atoms with van der Waals surface area (Å²) >= 11 is 1.43. The number of likely N-dealkylation sites (tertiary alicyclic amines) is 1. The van der Waals surface area contributed by atoms with Gasteiger partial charge in [-0.25, -0.2) is 4.79 Å². The van der Waals surface area contributed by atoms with Gasteiger partial charge in [0, 0.05) is 30.0 Å². The molecule has 1 fully saturated rings. The van der Waals surface area contributed by atoms with Gasteiger partial charge in [-0.15, -0.1) is 11.8 Å². The van der Waals surface area contributed by atoms with Crippen LogP contribution < -0.4 is 0 Å². The summed E-state index contributed by atoms with van der Waals surface area (Å²) in [6, 6.07) is 6.60. The second-order valence-corrected chi connectivity index (χ2v) is 5.29. The van der Waals surface area contributed by atoms with E-state index >= 15 is 0 Å². The van der Waals surface area contributed by atoms with Gasteiger partial charge in [-0.05, 0) is 18.2 Å². The molecule has 5 nitrogen and oxygen atoms in total. The predicted octanol–water partition coefficient (Wildman–Crippen LogP) is 1.63. The van der Waals surface area contributed by atoms with E-state index in [9.17, 15) is 14.4 Å². The first kappa shape index (κ1) is 13.6. The quantitative estimate of drug-likeness (QED) is 0.655. The van der Waals surface area contributed by atoms with Crippen molar-refractivity contribution in [3.05, 3.63) is 29.8 Å². The van der Waals surface area contributed by atoms with E-state index in [0.717, 1.165) is 4.90 Å². The van der Waals surface area contributed by atoms with Crippen LogP contribution in [-0.4, -0.2) is 40.1 Å². The first-order valence-corrected chi connectivity index (χ1v) is 6.86. The Bertz CT molecular complexity index is 513. The number of benzene rings is 1. The maximum atomic E-state index is 11.4. The molecule has 19 heavy (non-hydrogen) atoms. The first-order chi connectivity index (χ1) is 9.08. The monoisotopic (exact) mass is 279 g/mol. The molecule has 0 unspecified atom stereocenters. The third-order valence-corrected chi connectivity index (χ3v) is 3.79. The summed E-state index contributed by atoms with van der Waals surface area (Å²) < 4.78 is 0. The molecule has 0 saturated carbocycles. The molecule has 1 N–H and O–H groups in total. The van der Waals surface area contributed by atoms with Crippen molar-refractivity contribution in [3.8, 4) is 0 Å². The number of aromatic carboxylic acids is 1. The Morgan fingerprint density at radius 3 is 2.58 bits per heavy atom. The Hall–Kier alpha value is -1.82. The van der Waals surface area contributed by atoms with Gasteiger partial charge in [0.05, 0.1) is 5.56 Å². The van der Waals surface area contributed by atoms with Crippen LogP contribution in [0.2, 0.25) is 0 Å². The highest BCUT2D eigenvalue weighted by molar-refractivity contribution is 7.99. The van der Waals surface area contributed by atoms with Gasteiger partial charge in [0.25, 0.3) is 0 Å². The zero-order valence-electron chi connectivity index (χ0n) is 10.2. The zero-order valence-corrected chi connectivity index (χ0v) is 11.0. The van der Waals surface area contributed by atoms with Crippen molar-refractivity contribution in [2.45, 2.75) is 17.7 Å². The Labute approximate surface area is 114 Å². The molecule has 1 aromatic carbocycles. The highest BCUT2D eigenvalue weighted by atomic mass is 32.2. The fourth-order valence-electron chi connectivity index (χ4n) is 1.85. The summed E-state index contributed by atoms with van der Waals surface area (Å²) in [6.45, 7) is 0.375. The lowest BCUT2D eigenvalue weighted by atomic mass is 10.2. The van der Waals surface area contributed by atoms with Crippen LogP contribution >= 0.6 is 11.8 Å². The average Bonchev–Trinajstić information content (AvgIpc) is 2.71. The number of carbonyl (C=O) groups is 3. The number of thioether (sulfide) groups is 1. The SMILES string of the molecule is O=C(O)c1cccc(SCCN2C(=O)CCC2=O)c1. The van der Waals surface area contributed by atoms with Gasteiger partial charge in [0.2, 0.25) is 11.8 Å². The van der Waals surface area contributed by atoms with Crippen molar-refractivity contribution in [2.24, 2.45) is 0 Å². The van der Waals surface area contributed by atoms with E-state index in [1.807, 2.05) is 6.07 Å². The minimum Gasteiger partial charge on any atom is -0.478 e. The number of hydrogen-bond donors (Lipinski definition) is 1. The van der Waals surface area contributed by atoms with Crippen LogP contribution in [0.15, 0.2) is 29.2 Å². The highest BCUT2D eigenvalue weighted by Crippen LogP contribution is 2.20. The minimum absolute atomic E-state index is 0.120. The zero-order chi connectivity index (χ0) is 13.8. The molecule has 1 aliphatic heterocycles. The van der Waals surface area contributed by atoms with Gasteiger partial charge in [0.15, 0.2) is 0 Å². The second kappa shape index (κ2) is 5.88. The third kappa shape index (κ3) is 3.35. The van der Waals surface area contributed by atoms with Crippen LogP contribution in [0.5, 0.6) is 0 Å². The van der Waals surface area contributed by atoms with Crippen LogP contribution in [-0.2, 0) is 9.59 Å². The number of imide groups is 1. The van der Waals surface area contributed by atoms with Crippen molar-refractivity contribution in [2.75, 3.05) is 12.3 Å². The van der Waals surface area contributed by atoms with Gasteiger partial charge < -0.3 is 5.11 Å². The molecule has 1 heterocycles. The Balaban J connectivity index is 1.89. The number of amides is 2. The van der Waals surface area contributed by atoms with Crippen LogP contribution in [0.1, 0.15) is 23.2 Å². The third-order valence-electron chi connectivity index (χ3n) is 2.82. The van der Waals surface area contributed by atoms with Crippen LogP contribution in [0.4, 0.5) is 0 Å². The van der Waals surface area contributed by atoms with E-state index in [1.165, 1.54) is 22.7 Å². The number of carboxylic acid groups (broad SMARTS) is 1. The van der Waals surface area contributed by atoms with Crippen molar-refractivity contribution in [1.29, 1.82) is 0 Å². The molecule has 6 heteroatoms. The number of rotatable bonds is 5. The Morgan fingerprint density at radius 2 is 1.95 bits per heavy atom. The molecule has 1 aromatic rings. The highest BCUT2D eigenvalue weighted by Gasteiger charge is 2.27. The number of carboxylic acids is 1. The molecule has 0 atom stereocenters. The van der Waals surface area contributed by atoms with E-state index in [4.69, 9.17) is 5.11 Å². The van der Waals surface area contributed by atoms with Gasteiger partial charge >= 0.3 is 5.97 Å². The largest absolute Gasteiger partial charge is 0.478 e. The molecule has 0 spiro atoms. The van der Waals surface area contributed by atoms with Crippen molar-refractivity contribution >= 4 is 29.5 Å². The van der Waals surface area contributed by atoms with Crippen LogP contribution in [0.3, 0.4) is 0 Å². The molecule has 100 valence electrons. The normalized spacial score (nSPS) is 15.1. The predicted molar refractivity (Wildman–Crippen MR) is 70.1 cm³/mol. The Morgan fingerprint density at radius 1 is 1.26 bits per heavy atom. The maximum absolute atomic E-state index is 11.4. The fraction of sp³-hybridized carbons (Fsp3) is 0.308. The fourth-order valence-corrected chi connectivity index (χ4v) is 2.74. The molecular weight excluding hydrogens is 266 g/mol. The summed E-state index contributed by atoms with van der Waals surface area (Å²) in [4.78, 5) is 35.7. The Kier molecular flexibility index (Phi) is 4.21. The summed E-state index contributed by atoms with van der Waals surface area (Å²) in [7, 11) is 0. The molecule has 0 bridgehead atoms. The molecular formula is C13H13NO4S. The molecule has 1 saturated heterocycles. The van der Waals surface area contributed by atoms with Crippen molar-refractivity contribution in [3.63, 3.8) is 0 Å². The molecule has 1 aliphatic rings. The molecule has 0 radical (unpaired) electrons. The lowest BCUT2D eigenvalue weighted by Crippen LogP contribution is -2.31. The van der Waals surface area contributed by atoms with E-state index in [-0.39, 0.29) is 17.4 Å². The lowest BCUT2D eigenvalue weighted by molar-refractivity contribution is -0.137. The summed E-state index contributed by atoms with van der Waals surface area (Å²) in [5, 5.41) is 8.87. The topological polar surface area (TPSA) is 74.7 Å². The maximum Gasteiger partial charge on any atom is 0.335 e. The molecule has 2 rings (SSSR count). The first-order valence-electron chi connectivity index (χ1n) is 5.87.